The lowest BCUT2D eigenvalue weighted by Crippen LogP contribution is -2.33. The molecule has 0 amide bonds. The zero-order valence-corrected chi connectivity index (χ0v) is 11.2. The summed E-state index contributed by atoms with van der Waals surface area (Å²) in [5.74, 6) is 0. The van der Waals surface area contributed by atoms with E-state index in [0.29, 0.717) is 5.41 Å². The lowest BCUT2D eigenvalue weighted by atomic mass is 9.82. The second-order valence-corrected chi connectivity index (χ2v) is 5.92. The van der Waals surface area contributed by atoms with Crippen molar-refractivity contribution in [1.82, 2.24) is 4.98 Å². The summed E-state index contributed by atoms with van der Waals surface area (Å²) in [5, 5.41) is 6.39. The molecule has 5 heteroatoms. The molecule has 2 rings (SSSR count). The Labute approximate surface area is 102 Å². The minimum absolute atomic E-state index is 0.358. The molecule has 0 bridgehead atoms. The third-order valence-electron chi connectivity index (χ3n) is 2.84. The van der Waals surface area contributed by atoms with Crippen LogP contribution in [0.3, 0.4) is 0 Å². The molecule has 1 aromatic heterocycles. The summed E-state index contributed by atoms with van der Waals surface area (Å²) in [7, 11) is 0. The van der Waals surface area contributed by atoms with Crippen molar-refractivity contribution >= 4 is 32.4 Å². The van der Waals surface area contributed by atoms with Crippen molar-refractivity contribution in [1.29, 1.82) is 0 Å². The third-order valence-corrected chi connectivity index (χ3v) is 4.35. The van der Waals surface area contributed by atoms with Gasteiger partial charge in [0.1, 0.15) is 4.60 Å². The Kier molecular flexibility index (Phi) is 3.64. The van der Waals surface area contributed by atoms with Crippen molar-refractivity contribution in [2.45, 2.75) is 19.8 Å². The number of thiazole rings is 1. The summed E-state index contributed by atoms with van der Waals surface area (Å²) in [6.07, 6.45) is 2.26. The number of nitrogens with one attached hydrogen (secondary N) is 1. The van der Waals surface area contributed by atoms with Crippen LogP contribution in [-0.2, 0) is 4.74 Å². The van der Waals surface area contributed by atoms with E-state index in [0.717, 1.165) is 42.3 Å². The van der Waals surface area contributed by atoms with Crippen LogP contribution >= 0.6 is 27.3 Å². The van der Waals surface area contributed by atoms with Gasteiger partial charge >= 0.3 is 0 Å². The van der Waals surface area contributed by atoms with Crippen LogP contribution in [0.2, 0.25) is 0 Å². The maximum absolute atomic E-state index is 5.37. The van der Waals surface area contributed by atoms with Crippen molar-refractivity contribution in [2.75, 3.05) is 25.1 Å². The number of aromatic nitrogens is 1. The molecule has 0 aliphatic carbocycles. The second kappa shape index (κ2) is 4.80. The average molecular weight is 291 g/mol. The van der Waals surface area contributed by atoms with E-state index in [-0.39, 0.29) is 0 Å². The van der Waals surface area contributed by atoms with Gasteiger partial charge in [-0.1, -0.05) is 6.92 Å². The van der Waals surface area contributed by atoms with Crippen LogP contribution in [0.5, 0.6) is 0 Å². The summed E-state index contributed by atoms with van der Waals surface area (Å²) in [4.78, 5) is 4.32. The Hall–Kier alpha value is -0.130. The molecule has 2 heterocycles. The molecule has 1 saturated heterocycles. The predicted molar refractivity (Wildman–Crippen MR) is 66.5 cm³/mol. The molecule has 84 valence electrons. The van der Waals surface area contributed by atoms with Crippen molar-refractivity contribution in [3.05, 3.63) is 9.98 Å². The van der Waals surface area contributed by atoms with Gasteiger partial charge in [-0.2, -0.15) is 0 Å². The van der Waals surface area contributed by atoms with Gasteiger partial charge in [-0.15, -0.1) is 11.3 Å². The van der Waals surface area contributed by atoms with E-state index in [4.69, 9.17) is 4.74 Å². The Morgan fingerprint density at radius 3 is 2.93 bits per heavy atom. The van der Waals surface area contributed by atoms with E-state index < -0.39 is 0 Å². The Bertz CT molecular complexity index is 323. The predicted octanol–water partition coefficient (Wildman–Crippen LogP) is 3.13. The van der Waals surface area contributed by atoms with Crippen LogP contribution in [0.15, 0.2) is 9.98 Å². The van der Waals surface area contributed by atoms with Crippen molar-refractivity contribution in [3.63, 3.8) is 0 Å². The highest BCUT2D eigenvalue weighted by Gasteiger charge is 2.27. The fourth-order valence-corrected chi connectivity index (χ4v) is 2.81. The van der Waals surface area contributed by atoms with Gasteiger partial charge in [0.2, 0.25) is 0 Å². The SMILES string of the molecule is CC1(CNc2nc(Br)cs2)CCOCC1. The Morgan fingerprint density at radius 1 is 1.60 bits per heavy atom. The number of hydrogen-bond acceptors (Lipinski definition) is 4. The number of halogens is 1. The topological polar surface area (TPSA) is 34.2 Å². The maximum atomic E-state index is 5.37. The minimum Gasteiger partial charge on any atom is -0.381 e. The molecule has 0 unspecified atom stereocenters. The van der Waals surface area contributed by atoms with Crippen LogP contribution in [0.1, 0.15) is 19.8 Å². The lowest BCUT2D eigenvalue weighted by molar-refractivity contribution is 0.0300. The summed E-state index contributed by atoms with van der Waals surface area (Å²) in [6, 6.07) is 0. The van der Waals surface area contributed by atoms with Gasteiger partial charge in [0.15, 0.2) is 5.13 Å². The molecular formula is C10H15BrN2OS. The van der Waals surface area contributed by atoms with E-state index >= 15 is 0 Å². The fourth-order valence-electron chi connectivity index (χ4n) is 1.67. The molecule has 0 saturated carbocycles. The second-order valence-electron chi connectivity index (χ2n) is 4.25. The van der Waals surface area contributed by atoms with Gasteiger partial charge in [0.05, 0.1) is 0 Å². The monoisotopic (exact) mass is 290 g/mol. The molecule has 15 heavy (non-hydrogen) atoms. The standard InChI is InChI=1S/C10H15BrN2OS/c1-10(2-4-14-5-3-10)7-12-9-13-8(11)6-15-9/h6H,2-5,7H2,1H3,(H,12,13). The highest BCUT2D eigenvalue weighted by molar-refractivity contribution is 9.10. The van der Waals surface area contributed by atoms with E-state index in [2.05, 4.69) is 33.2 Å². The van der Waals surface area contributed by atoms with Crippen LogP contribution in [0, 0.1) is 5.41 Å². The molecule has 0 spiro atoms. The normalized spacial score (nSPS) is 20.1. The van der Waals surface area contributed by atoms with E-state index in [1.165, 1.54) is 0 Å². The van der Waals surface area contributed by atoms with Crippen molar-refractivity contribution in [2.24, 2.45) is 5.41 Å². The fraction of sp³-hybridized carbons (Fsp3) is 0.700. The van der Waals surface area contributed by atoms with Gasteiger partial charge in [0.25, 0.3) is 0 Å². The first kappa shape index (κ1) is 11.4. The van der Waals surface area contributed by atoms with E-state index in [1.54, 1.807) is 11.3 Å². The zero-order valence-electron chi connectivity index (χ0n) is 8.75. The molecule has 1 aliphatic rings. The van der Waals surface area contributed by atoms with Crippen LogP contribution in [0.4, 0.5) is 5.13 Å². The van der Waals surface area contributed by atoms with Crippen LogP contribution in [0.25, 0.3) is 0 Å². The molecule has 3 nitrogen and oxygen atoms in total. The summed E-state index contributed by atoms with van der Waals surface area (Å²) in [5.41, 5.74) is 0.358. The summed E-state index contributed by atoms with van der Waals surface area (Å²) < 4.78 is 6.28. The van der Waals surface area contributed by atoms with Crippen molar-refractivity contribution < 1.29 is 4.74 Å². The van der Waals surface area contributed by atoms with E-state index in [1.807, 2.05) is 5.38 Å². The quantitative estimate of drug-likeness (QED) is 0.929. The summed E-state index contributed by atoms with van der Waals surface area (Å²) >= 11 is 4.99. The maximum Gasteiger partial charge on any atom is 0.183 e. The average Bonchev–Trinajstić information content (AvgIpc) is 2.63. The number of anilines is 1. The van der Waals surface area contributed by atoms with Crippen molar-refractivity contribution in [3.8, 4) is 0 Å². The minimum atomic E-state index is 0.358. The Morgan fingerprint density at radius 2 is 2.33 bits per heavy atom. The first-order valence-electron chi connectivity index (χ1n) is 5.11. The molecule has 0 radical (unpaired) electrons. The van der Waals surface area contributed by atoms with E-state index in [9.17, 15) is 0 Å². The Balaban J connectivity index is 1.86. The molecule has 1 fully saturated rings. The third kappa shape index (κ3) is 3.16. The lowest BCUT2D eigenvalue weighted by Gasteiger charge is -2.33. The van der Waals surface area contributed by atoms with Gasteiger partial charge in [-0.3, -0.25) is 0 Å². The smallest absolute Gasteiger partial charge is 0.183 e. The molecule has 0 aromatic carbocycles. The number of rotatable bonds is 3. The highest BCUT2D eigenvalue weighted by atomic mass is 79.9. The van der Waals surface area contributed by atoms with Crippen LogP contribution in [-0.4, -0.2) is 24.7 Å². The zero-order chi connectivity index (χ0) is 10.7. The largest absolute Gasteiger partial charge is 0.381 e. The first-order chi connectivity index (χ1) is 7.18. The molecule has 1 aromatic rings. The molecule has 1 aliphatic heterocycles. The number of nitrogens with zero attached hydrogens (tertiary/aromatic N) is 1. The molecule has 1 N–H and O–H groups in total. The summed E-state index contributed by atoms with van der Waals surface area (Å²) in [6.45, 7) is 5.07. The molecule has 0 atom stereocenters. The first-order valence-corrected chi connectivity index (χ1v) is 6.78. The van der Waals surface area contributed by atoms with Gasteiger partial charge in [-0.05, 0) is 34.2 Å². The molecular weight excluding hydrogens is 276 g/mol. The van der Waals surface area contributed by atoms with Gasteiger partial charge in [0, 0.05) is 25.1 Å². The number of ether oxygens (including phenoxy) is 1. The van der Waals surface area contributed by atoms with Crippen LogP contribution < -0.4 is 5.32 Å². The highest BCUT2D eigenvalue weighted by Crippen LogP contribution is 2.30. The van der Waals surface area contributed by atoms with Gasteiger partial charge in [-0.25, -0.2) is 4.98 Å². The van der Waals surface area contributed by atoms with Gasteiger partial charge < -0.3 is 10.1 Å². The number of hydrogen-bond donors (Lipinski definition) is 1.